The summed E-state index contributed by atoms with van der Waals surface area (Å²) in [6.07, 6.45) is 3.80. The van der Waals surface area contributed by atoms with Gasteiger partial charge in [0.25, 0.3) is 0 Å². The molecule has 1 N–H and O–H groups in total. The standard InChI is InChI=1S/C15H20ClN3/c1-19-8-5-12(6-9-19)4-7-18-14-3-2-13(11-17)15(16)10-14/h2-3,10,12,18H,4-9H2,1H3. The largest absolute Gasteiger partial charge is 0.385 e. The van der Waals surface area contributed by atoms with Crippen LogP contribution in [0.1, 0.15) is 24.8 Å². The van der Waals surface area contributed by atoms with Gasteiger partial charge >= 0.3 is 0 Å². The Kier molecular flexibility index (Phi) is 5.07. The third kappa shape index (κ3) is 4.12. The lowest BCUT2D eigenvalue weighted by molar-refractivity contribution is 0.215. The van der Waals surface area contributed by atoms with E-state index in [0.717, 1.165) is 18.2 Å². The molecule has 1 saturated heterocycles. The molecular formula is C15H20ClN3. The van der Waals surface area contributed by atoms with Crippen LogP contribution in [0.4, 0.5) is 5.69 Å². The molecule has 1 aliphatic rings. The minimum atomic E-state index is 0.520. The van der Waals surface area contributed by atoms with Crippen LogP contribution in [0.3, 0.4) is 0 Å². The summed E-state index contributed by atoms with van der Waals surface area (Å²) in [5.41, 5.74) is 1.53. The maximum Gasteiger partial charge on any atom is 0.101 e. The Bertz CT molecular complexity index is 459. The lowest BCUT2D eigenvalue weighted by atomic mass is 9.94. The molecule has 1 aromatic rings. The molecule has 0 amide bonds. The second-order valence-corrected chi connectivity index (χ2v) is 5.68. The van der Waals surface area contributed by atoms with Gasteiger partial charge < -0.3 is 10.2 Å². The molecule has 0 unspecified atom stereocenters. The van der Waals surface area contributed by atoms with Crippen LogP contribution in [0.2, 0.25) is 5.02 Å². The number of hydrogen-bond acceptors (Lipinski definition) is 3. The van der Waals surface area contributed by atoms with Crippen LogP contribution in [0.5, 0.6) is 0 Å². The van der Waals surface area contributed by atoms with Crippen LogP contribution in [0.25, 0.3) is 0 Å². The van der Waals surface area contributed by atoms with Crippen molar-refractivity contribution in [2.75, 3.05) is 32.0 Å². The van der Waals surface area contributed by atoms with Crippen molar-refractivity contribution in [2.24, 2.45) is 5.92 Å². The highest BCUT2D eigenvalue weighted by atomic mass is 35.5. The third-order valence-electron chi connectivity index (χ3n) is 3.81. The minimum absolute atomic E-state index is 0.520. The number of hydrogen-bond donors (Lipinski definition) is 1. The molecule has 0 saturated carbocycles. The molecule has 4 heteroatoms. The van der Waals surface area contributed by atoms with Crippen molar-refractivity contribution in [3.05, 3.63) is 28.8 Å². The fourth-order valence-electron chi connectivity index (χ4n) is 2.49. The molecule has 1 fully saturated rings. The molecule has 3 nitrogen and oxygen atoms in total. The summed E-state index contributed by atoms with van der Waals surface area (Å²) in [5.74, 6) is 0.831. The number of benzene rings is 1. The van der Waals surface area contributed by atoms with E-state index in [2.05, 4.69) is 23.3 Å². The van der Waals surface area contributed by atoms with Crippen molar-refractivity contribution < 1.29 is 0 Å². The van der Waals surface area contributed by atoms with Crippen LogP contribution < -0.4 is 5.32 Å². The van der Waals surface area contributed by atoms with E-state index in [0.29, 0.717) is 10.6 Å². The monoisotopic (exact) mass is 277 g/mol. The average molecular weight is 278 g/mol. The summed E-state index contributed by atoms with van der Waals surface area (Å²) < 4.78 is 0. The molecule has 102 valence electrons. The van der Waals surface area contributed by atoms with E-state index in [4.69, 9.17) is 16.9 Å². The zero-order chi connectivity index (χ0) is 13.7. The van der Waals surface area contributed by atoms with Crippen molar-refractivity contribution in [1.82, 2.24) is 4.90 Å². The Morgan fingerprint density at radius 2 is 2.16 bits per heavy atom. The molecule has 0 spiro atoms. The highest BCUT2D eigenvalue weighted by Crippen LogP contribution is 2.22. The topological polar surface area (TPSA) is 39.1 Å². The normalized spacial score (nSPS) is 17.1. The van der Waals surface area contributed by atoms with Crippen LogP contribution in [0, 0.1) is 17.2 Å². The number of nitrogens with zero attached hydrogens (tertiary/aromatic N) is 2. The second kappa shape index (κ2) is 6.79. The van der Waals surface area contributed by atoms with E-state index in [-0.39, 0.29) is 0 Å². The van der Waals surface area contributed by atoms with Crippen molar-refractivity contribution in [3.63, 3.8) is 0 Å². The lowest BCUT2D eigenvalue weighted by Gasteiger charge is -2.29. The molecule has 0 radical (unpaired) electrons. The summed E-state index contributed by atoms with van der Waals surface area (Å²) in [6.45, 7) is 3.40. The number of nitriles is 1. The lowest BCUT2D eigenvalue weighted by Crippen LogP contribution is -2.30. The van der Waals surface area contributed by atoms with Crippen molar-refractivity contribution >= 4 is 17.3 Å². The maximum absolute atomic E-state index is 8.82. The molecule has 0 atom stereocenters. The van der Waals surface area contributed by atoms with Crippen LogP contribution >= 0.6 is 11.6 Å². The molecule has 19 heavy (non-hydrogen) atoms. The second-order valence-electron chi connectivity index (χ2n) is 5.27. The predicted octanol–water partition coefficient (Wildman–Crippen LogP) is 3.36. The quantitative estimate of drug-likeness (QED) is 0.917. The van der Waals surface area contributed by atoms with Crippen molar-refractivity contribution in [3.8, 4) is 6.07 Å². The predicted molar refractivity (Wildman–Crippen MR) is 79.5 cm³/mol. The zero-order valence-electron chi connectivity index (χ0n) is 11.3. The maximum atomic E-state index is 8.82. The molecular weight excluding hydrogens is 258 g/mol. The summed E-state index contributed by atoms with van der Waals surface area (Å²) in [7, 11) is 2.19. The molecule has 0 bridgehead atoms. The van der Waals surface area contributed by atoms with E-state index in [1.165, 1.54) is 32.4 Å². The smallest absolute Gasteiger partial charge is 0.101 e. The Hall–Kier alpha value is -1.24. The van der Waals surface area contributed by atoms with Gasteiger partial charge in [-0.15, -0.1) is 0 Å². The minimum Gasteiger partial charge on any atom is -0.385 e. The van der Waals surface area contributed by atoms with E-state index in [9.17, 15) is 0 Å². The summed E-state index contributed by atoms with van der Waals surface area (Å²) in [5, 5.41) is 12.7. The van der Waals surface area contributed by atoms with E-state index in [1.807, 2.05) is 12.1 Å². The number of likely N-dealkylation sites (tertiary alicyclic amines) is 1. The van der Waals surface area contributed by atoms with Crippen LogP contribution in [0.15, 0.2) is 18.2 Å². The van der Waals surface area contributed by atoms with Gasteiger partial charge in [-0.05, 0) is 63.5 Å². The van der Waals surface area contributed by atoms with Gasteiger partial charge in [-0.2, -0.15) is 5.26 Å². The van der Waals surface area contributed by atoms with Crippen molar-refractivity contribution in [1.29, 1.82) is 5.26 Å². The summed E-state index contributed by atoms with van der Waals surface area (Å²) in [4.78, 5) is 2.39. The van der Waals surface area contributed by atoms with Crippen LogP contribution in [-0.4, -0.2) is 31.6 Å². The Morgan fingerprint density at radius 1 is 1.42 bits per heavy atom. The van der Waals surface area contributed by atoms with Gasteiger partial charge in [0, 0.05) is 12.2 Å². The van der Waals surface area contributed by atoms with Gasteiger partial charge in [0.15, 0.2) is 0 Å². The molecule has 1 heterocycles. The summed E-state index contributed by atoms with van der Waals surface area (Å²) in [6, 6.07) is 7.58. The first-order valence-corrected chi connectivity index (χ1v) is 7.19. The average Bonchev–Trinajstić information content (AvgIpc) is 2.41. The first-order chi connectivity index (χ1) is 9.19. The number of nitrogens with one attached hydrogen (secondary N) is 1. The summed E-state index contributed by atoms with van der Waals surface area (Å²) >= 11 is 6.01. The zero-order valence-corrected chi connectivity index (χ0v) is 12.1. The van der Waals surface area contributed by atoms with E-state index in [1.54, 1.807) is 6.07 Å². The van der Waals surface area contributed by atoms with Gasteiger partial charge in [0.05, 0.1) is 10.6 Å². The SMILES string of the molecule is CN1CCC(CCNc2ccc(C#N)c(Cl)c2)CC1. The van der Waals surface area contributed by atoms with E-state index < -0.39 is 0 Å². The van der Waals surface area contributed by atoms with Gasteiger partial charge in [0.1, 0.15) is 6.07 Å². The molecule has 1 aliphatic heterocycles. The van der Waals surface area contributed by atoms with Gasteiger partial charge in [-0.3, -0.25) is 0 Å². The Morgan fingerprint density at radius 3 is 2.79 bits per heavy atom. The van der Waals surface area contributed by atoms with Gasteiger partial charge in [-0.1, -0.05) is 11.6 Å². The van der Waals surface area contributed by atoms with Gasteiger partial charge in [-0.25, -0.2) is 0 Å². The third-order valence-corrected chi connectivity index (χ3v) is 4.12. The molecule has 0 aromatic heterocycles. The number of piperidine rings is 1. The Labute approximate surface area is 120 Å². The Balaban J connectivity index is 1.77. The molecule has 2 rings (SSSR count). The van der Waals surface area contributed by atoms with Crippen molar-refractivity contribution in [2.45, 2.75) is 19.3 Å². The fourth-order valence-corrected chi connectivity index (χ4v) is 2.71. The number of rotatable bonds is 4. The highest BCUT2D eigenvalue weighted by molar-refractivity contribution is 6.32. The molecule has 1 aromatic carbocycles. The van der Waals surface area contributed by atoms with E-state index >= 15 is 0 Å². The first kappa shape index (κ1) is 14.2. The first-order valence-electron chi connectivity index (χ1n) is 6.81. The number of anilines is 1. The fraction of sp³-hybridized carbons (Fsp3) is 0.533. The highest BCUT2D eigenvalue weighted by Gasteiger charge is 2.15. The van der Waals surface area contributed by atoms with Crippen LogP contribution in [-0.2, 0) is 0 Å². The number of halogens is 1. The van der Waals surface area contributed by atoms with Gasteiger partial charge in [0.2, 0.25) is 0 Å². The molecule has 0 aliphatic carbocycles.